The highest BCUT2D eigenvalue weighted by molar-refractivity contribution is 5.26. The van der Waals surface area contributed by atoms with Gasteiger partial charge in [0, 0.05) is 5.56 Å². The van der Waals surface area contributed by atoms with E-state index in [9.17, 15) is 9.50 Å². The Morgan fingerprint density at radius 1 is 1.50 bits per heavy atom. The van der Waals surface area contributed by atoms with E-state index in [0.717, 1.165) is 6.42 Å². The summed E-state index contributed by atoms with van der Waals surface area (Å²) in [4.78, 5) is 0. The minimum absolute atomic E-state index is 0.190. The molecule has 0 amide bonds. The first-order valence-corrected chi connectivity index (χ1v) is 5.41. The maximum absolute atomic E-state index is 13.6. The Labute approximate surface area is 95.3 Å². The first-order chi connectivity index (χ1) is 7.54. The molecule has 0 saturated heterocycles. The summed E-state index contributed by atoms with van der Waals surface area (Å²) < 4.78 is 13.6. The van der Waals surface area contributed by atoms with Crippen molar-refractivity contribution in [3.8, 4) is 6.07 Å². The molecule has 2 nitrogen and oxygen atoms in total. The summed E-state index contributed by atoms with van der Waals surface area (Å²) in [6.07, 6.45) is 1.33. The average Bonchev–Trinajstić information content (AvgIpc) is 2.26. The lowest BCUT2D eigenvalue weighted by atomic mass is 9.81. The van der Waals surface area contributed by atoms with E-state index in [4.69, 9.17) is 5.26 Å². The van der Waals surface area contributed by atoms with Gasteiger partial charge in [0.05, 0.1) is 12.0 Å². The summed E-state index contributed by atoms with van der Waals surface area (Å²) >= 11 is 0. The Hall–Kier alpha value is -1.40. The van der Waals surface area contributed by atoms with Crippen LogP contribution in [0, 0.1) is 23.1 Å². The molecule has 0 heterocycles. The summed E-state index contributed by atoms with van der Waals surface area (Å²) in [6.45, 7) is 3.43. The molecule has 1 N–H and O–H groups in total. The van der Waals surface area contributed by atoms with Crippen LogP contribution >= 0.6 is 0 Å². The number of hydrogen-bond acceptors (Lipinski definition) is 2. The van der Waals surface area contributed by atoms with E-state index >= 15 is 0 Å². The third kappa shape index (κ3) is 2.40. The Kier molecular flexibility index (Phi) is 4.03. The van der Waals surface area contributed by atoms with Gasteiger partial charge >= 0.3 is 0 Å². The molecule has 3 heteroatoms. The molecule has 0 spiro atoms. The highest BCUT2D eigenvalue weighted by atomic mass is 19.1. The van der Waals surface area contributed by atoms with Gasteiger partial charge < -0.3 is 5.11 Å². The number of benzene rings is 1. The average molecular weight is 221 g/mol. The van der Waals surface area contributed by atoms with Crippen molar-refractivity contribution in [1.82, 2.24) is 0 Å². The summed E-state index contributed by atoms with van der Waals surface area (Å²) in [7, 11) is 0. The van der Waals surface area contributed by atoms with Crippen molar-refractivity contribution >= 4 is 0 Å². The summed E-state index contributed by atoms with van der Waals surface area (Å²) in [6, 6.07) is 8.10. The van der Waals surface area contributed by atoms with Crippen molar-refractivity contribution < 1.29 is 9.50 Å². The lowest BCUT2D eigenvalue weighted by Gasteiger charge is -2.28. The van der Waals surface area contributed by atoms with Crippen LogP contribution in [0.4, 0.5) is 4.39 Å². The van der Waals surface area contributed by atoms with Gasteiger partial charge in [-0.1, -0.05) is 31.5 Å². The van der Waals surface area contributed by atoms with Crippen LogP contribution in [0.25, 0.3) is 0 Å². The predicted octanol–water partition coefficient (Wildman–Crippen LogP) is 2.97. The van der Waals surface area contributed by atoms with Crippen molar-refractivity contribution in [3.05, 3.63) is 35.6 Å². The second kappa shape index (κ2) is 5.09. The number of nitriles is 1. The molecule has 0 radical (unpaired) electrons. The zero-order valence-electron chi connectivity index (χ0n) is 9.57. The van der Waals surface area contributed by atoms with Crippen LogP contribution < -0.4 is 0 Å². The second-order valence-corrected chi connectivity index (χ2v) is 4.10. The van der Waals surface area contributed by atoms with Gasteiger partial charge in [0.2, 0.25) is 0 Å². The molecular formula is C13H16FNO. The van der Waals surface area contributed by atoms with E-state index in [1.807, 2.05) is 6.92 Å². The molecule has 0 saturated carbocycles. The third-order valence-electron chi connectivity index (χ3n) is 2.83. The minimum Gasteiger partial charge on any atom is -0.384 e. The van der Waals surface area contributed by atoms with E-state index in [-0.39, 0.29) is 5.56 Å². The van der Waals surface area contributed by atoms with Crippen LogP contribution in [0.1, 0.15) is 32.3 Å². The van der Waals surface area contributed by atoms with Crippen LogP contribution in [0.5, 0.6) is 0 Å². The maximum Gasteiger partial charge on any atom is 0.129 e. The normalized spacial score (nSPS) is 16.2. The Bertz CT molecular complexity index is 395. The van der Waals surface area contributed by atoms with Crippen molar-refractivity contribution in [2.24, 2.45) is 5.92 Å². The van der Waals surface area contributed by atoms with Gasteiger partial charge in [0.25, 0.3) is 0 Å². The molecule has 0 aliphatic carbocycles. The quantitative estimate of drug-likeness (QED) is 0.849. The molecule has 16 heavy (non-hydrogen) atoms. The number of hydrogen-bond donors (Lipinski definition) is 1. The van der Waals surface area contributed by atoms with Crippen LogP contribution in [0.3, 0.4) is 0 Å². The summed E-state index contributed by atoms with van der Waals surface area (Å²) in [5.41, 5.74) is -1.24. The third-order valence-corrected chi connectivity index (χ3v) is 2.83. The van der Waals surface area contributed by atoms with Crippen LogP contribution in [-0.2, 0) is 5.60 Å². The van der Waals surface area contributed by atoms with Gasteiger partial charge in [-0.15, -0.1) is 0 Å². The smallest absolute Gasteiger partial charge is 0.129 e. The van der Waals surface area contributed by atoms with Gasteiger partial charge in [-0.25, -0.2) is 4.39 Å². The van der Waals surface area contributed by atoms with Gasteiger partial charge in [-0.2, -0.15) is 5.26 Å². The first-order valence-electron chi connectivity index (χ1n) is 5.41. The summed E-state index contributed by atoms with van der Waals surface area (Å²) in [5.74, 6) is -1.06. The fourth-order valence-corrected chi connectivity index (χ4v) is 1.82. The molecule has 2 unspecified atom stereocenters. The molecular weight excluding hydrogens is 205 g/mol. The zero-order valence-corrected chi connectivity index (χ0v) is 9.57. The lowest BCUT2D eigenvalue weighted by molar-refractivity contribution is 0.00977. The number of rotatable bonds is 4. The second-order valence-electron chi connectivity index (χ2n) is 4.10. The monoisotopic (exact) mass is 221 g/mol. The molecule has 0 aliphatic heterocycles. The van der Waals surface area contributed by atoms with Gasteiger partial charge in [0.1, 0.15) is 11.4 Å². The highest BCUT2D eigenvalue weighted by Crippen LogP contribution is 2.33. The van der Waals surface area contributed by atoms with E-state index in [1.165, 1.54) is 19.1 Å². The highest BCUT2D eigenvalue weighted by Gasteiger charge is 2.35. The molecule has 0 fully saturated rings. The molecule has 2 atom stereocenters. The molecule has 0 bridgehead atoms. The van der Waals surface area contributed by atoms with Gasteiger partial charge in [-0.3, -0.25) is 0 Å². The topological polar surface area (TPSA) is 44.0 Å². The number of nitrogens with zero attached hydrogens (tertiary/aromatic N) is 1. The molecule has 1 aromatic carbocycles. The SMILES string of the molecule is CCCC(C#N)C(C)(O)c1ccccc1F. The van der Waals surface area contributed by atoms with Crippen LogP contribution in [0.2, 0.25) is 0 Å². The maximum atomic E-state index is 13.6. The molecule has 1 aromatic rings. The van der Waals surface area contributed by atoms with E-state index in [2.05, 4.69) is 6.07 Å². The van der Waals surface area contributed by atoms with E-state index < -0.39 is 17.3 Å². The molecule has 0 aliphatic rings. The number of aliphatic hydroxyl groups is 1. The van der Waals surface area contributed by atoms with Crippen molar-refractivity contribution in [1.29, 1.82) is 5.26 Å². The molecule has 1 rings (SSSR count). The predicted molar refractivity (Wildman–Crippen MR) is 60.0 cm³/mol. The van der Waals surface area contributed by atoms with Crippen molar-refractivity contribution in [3.63, 3.8) is 0 Å². The largest absolute Gasteiger partial charge is 0.384 e. The molecule has 86 valence electrons. The van der Waals surface area contributed by atoms with Crippen molar-refractivity contribution in [2.75, 3.05) is 0 Å². The first kappa shape index (κ1) is 12.7. The molecule has 0 aromatic heterocycles. The van der Waals surface area contributed by atoms with Crippen LogP contribution in [0.15, 0.2) is 24.3 Å². The minimum atomic E-state index is -1.43. The van der Waals surface area contributed by atoms with E-state index in [1.54, 1.807) is 12.1 Å². The van der Waals surface area contributed by atoms with E-state index in [0.29, 0.717) is 6.42 Å². The lowest BCUT2D eigenvalue weighted by Crippen LogP contribution is -2.32. The van der Waals surface area contributed by atoms with Gasteiger partial charge in [-0.05, 0) is 19.4 Å². The van der Waals surface area contributed by atoms with Gasteiger partial charge in [0.15, 0.2) is 0 Å². The fourth-order valence-electron chi connectivity index (χ4n) is 1.82. The zero-order chi connectivity index (χ0) is 12.2. The fraction of sp³-hybridized carbons (Fsp3) is 0.462. The Morgan fingerprint density at radius 2 is 2.12 bits per heavy atom. The standard InChI is InChI=1S/C13H16FNO/c1-3-6-10(9-15)13(2,16)11-7-4-5-8-12(11)14/h4-5,7-8,10,16H,3,6H2,1-2H3. The Balaban J connectivity index is 3.10. The van der Waals surface area contributed by atoms with Crippen LogP contribution in [-0.4, -0.2) is 5.11 Å². The number of halogens is 1. The Morgan fingerprint density at radius 3 is 2.62 bits per heavy atom. The van der Waals surface area contributed by atoms with Crippen molar-refractivity contribution in [2.45, 2.75) is 32.3 Å². The summed E-state index contributed by atoms with van der Waals surface area (Å²) in [5, 5.41) is 19.3.